The molecule has 0 spiro atoms. The van der Waals surface area contributed by atoms with Crippen molar-refractivity contribution in [1.82, 2.24) is 19.5 Å². The first-order chi connectivity index (χ1) is 9.70. The lowest BCUT2D eigenvalue weighted by molar-refractivity contribution is 0.0838. The first-order valence-corrected chi connectivity index (χ1v) is 7.01. The van der Waals surface area contributed by atoms with Crippen molar-refractivity contribution < 1.29 is 4.74 Å². The number of aryl methyl sites for hydroxylation is 1. The Morgan fingerprint density at radius 2 is 2.05 bits per heavy atom. The maximum atomic E-state index is 11.9. The van der Waals surface area contributed by atoms with Gasteiger partial charge in [0.2, 0.25) is 0 Å². The number of nitrogens with zero attached hydrogens (tertiary/aromatic N) is 2. The van der Waals surface area contributed by atoms with E-state index in [0.717, 1.165) is 25.1 Å². The molecule has 1 fully saturated rings. The number of hydrogen-bond donors (Lipinski definition) is 2. The molecule has 3 rings (SSSR count). The zero-order valence-electron chi connectivity index (χ0n) is 11.4. The molecule has 0 amide bonds. The smallest absolute Gasteiger partial charge is 0.330 e. The van der Waals surface area contributed by atoms with Crippen molar-refractivity contribution >= 4 is 11.2 Å². The highest BCUT2D eigenvalue weighted by Gasteiger charge is 2.21. The van der Waals surface area contributed by atoms with Crippen LogP contribution in [-0.2, 0) is 11.3 Å². The zero-order chi connectivity index (χ0) is 14.1. The van der Waals surface area contributed by atoms with Gasteiger partial charge in [-0.15, -0.1) is 0 Å². The molecule has 0 saturated carbocycles. The predicted octanol–water partition coefficient (Wildman–Crippen LogP) is 0.717. The highest BCUT2D eigenvalue weighted by molar-refractivity contribution is 5.69. The Kier molecular flexibility index (Phi) is 3.43. The maximum Gasteiger partial charge on any atom is 0.330 e. The lowest BCUT2D eigenvalue weighted by atomic mass is 10.00. The van der Waals surface area contributed by atoms with Crippen molar-refractivity contribution in [2.45, 2.75) is 38.6 Å². The summed E-state index contributed by atoms with van der Waals surface area (Å²) in [5, 5.41) is 0. The summed E-state index contributed by atoms with van der Waals surface area (Å²) in [5.41, 5.74) is 0.0548. The van der Waals surface area contributed by atoms with E-state index in [4.69, 9.17) is 4.74 Å². The van der Waals surface area contributed by atoms with E-state index in [0.29, 0.717) is 30.9 Å². The average Bonchev–Trinajstić information content (AvgIpc) is 2.90. The summed E-state index contributed by atoms with van der Waals surface area (Å²) < 4.78 is 6.86. The van der Waals surface area contributed by atoms with Gasteiger partial charge in [-0.2, -0.15) is 0 Å². The highest BCUT2D eigenvalue weighted by atomic mass is 16.5. The molecule has 0 aliphatic carbocycles. The Hall–Kier alpha value is -1.89. The van der Waals surface area contributed by atoms with Crippen LogP contribution in [0.2, 0.25) is 0 Å². The molecule has 1 saturated heterocycles. The minimum Gasteiger partial charge on any atom is -0.381 e. The van der Waals surface area contributed by atoms with E-state index in [1.54, 1.807) is 0 Å². The van der Waals surface area contributed by atoms with Crippen molar-refractivity contribution in [3.8, 4) is 0 Å². The van der Waals surface area contributed by atoms with Gasteiger partial charge in [0.15, 0.2) is 5.65 Å². The number of aromatic nitrogens is 4. The van der Waals surface area contributed by atoms with Gasteiger partial charge in [-0.25, -0.2) is 9.78 Å². The first-order valence-electron chi connectivity index (χ1n) is 7.01. The topological polar surface area (TPSA) is 92.8 Å². The third kappa shape index (κ3) is 2.18. The molecule has 3 heterocycles. The van der Waals surface area contributed by atoms with Crippen LogP contribution in [0.5, 0.6) is 0 Å². The Morgan fingerprint density at radius 3 is 2.75 bits per heavy atom. The number of aromatic amines is 2. The molecule has 108 valence electrons. The molecule has 7 nitrogen and oxygen atoms in total. The number of rotatable bonds is 3. The highest BCUT2D eigenvalue weighted by Crippen LogP contribution is 2.25. The minimum absolute atomic E-state index is 0.265. The molecule has 0 bridgehead atoms. The number of nitrogens with one attached hydrogen (secondary N) is 2. The van der Waals surface area contributed by atoms with E-state index in [9.17, 15) is 9.59 Å². The van der Waals surface area contributed by atoms with Crippen LogP contribution in [0, 0.1) is 0 Å². The molecular weight excluding hydrogens is 260 g/mol. The van der Waals surface area contributed by atoms with Crippen LogP contribution in [-0.4, -0.2) is 32.7 Å². The Balaban J connectivity index is 2.13. The van der Waals surface area contributed by atoms with Gasteiger partial charge >= 0.3 is 5.69 Å². The largest absolute Gasteiger partial charge is 0.381 e. The van der Waals surface area contributed by atoms with Crippen LogP contribution in [0.3, 0.4) is 0 Å². The average molecular weight is 278 g/mol. The Morgan fingerprint density at radius 1 is 1.30 bits per heavy atom. The van der Waals surface area contributed by atoms with E-state index >= 15 is 0 Å². The maximum absolute atomic E-state index is 11.9. The van der Waals surface area contributed by atoms with E-state index in [2.05, 4.69) is 15.0 Å². The summed E-state index contributed by atoms with van der Waals surface area (Å²) in [6, 6.07) is 0. The summed E-state index contributed by atoms with van der Waals surface area (Å²) in [4.78, 5) is 33.7. The Labute approximate surface area is 115 Å². The molecule has 0 radical (unpaired) electrons. The van der Waals surface area contributed by atoms with Gasteiger partial charge in [0.05, 0.1) is 0 Å². The second kappa shape index (κ2) is 5.24. The summed E-state index contributed by atoms with van der Waals surface area (Å²) in [6.45, 7) is 3.94. The van der Waals surface area contributed by atoms with E-state index in [1.165, 1.54) is 4.57 Å². The van der Waals surface area contributed by atoms with Crippen LogP contribution >= 0.6 is 0 Å². The van der Waals surface area contributed by atoms with Crippen LogP contribution in [0.4, 0.5) is 0 Å². The molecule has 1 aliphatic heterocycles. The van der Waals surface area contributed by atoms with Crippen molar-refractivity contribution in [2.24, 2.45) is 0 Å². The van der Waals surface area contributed by atoms with Crippen LogP contribution < -0.4 is 11.2 Å². The summed E-state index contributed by atoms with van der Waals surface area (Å²) in [5.74, 6) is 1.05. The summed E-state index contributed by atoms with van der Waals surface area (Å²) >= 11 is 0. The molecule has 0 unspecified atom stereocenters. The number of H-pyrrole nitrogens is 2. The fourth-order valence-electron chi connectivity index (χ4n) is 2.65. The molecule has 1 aliphatic rings. The lowest BCUT2D eigenvalue weighted by Gasteiger charge is -2.19. The van der Waals surface area contributed by atoms with Crippen molar-refractivity contribution in [3.05, 3.63) is 26.7 Å². The molecule has 2 aromatic rings. The third-order valence-corrected chi connectivity index (χ3v) is 3.71. The number of ether oxygens (including phenoxy) is 1. The van der Waals surface area contributed by atoms with E-state index in [-0.39, 0.29) is 5.92 Å². The van der Waals surface area contributed by atoms with Crippen molar-refractivity contribution in [1.29, 1.82) is 0 Å². The van der Waals surface area contributed by atoms with Gasteiger partial charge in [0, 0.05) is 25.7 Å². The first kappa shape index (κ1) is 13.1. The van der Waals surface area contributed by atoms with Crippen LogP contribution in [0.1, 0.15) is 37.9 Å². The second-order valence-corrected chi connectivity index (χ2v) is 5.12. The minimum atomic E-state index is -0.400. The number of imidazole rings is 1. The Bertz CT molecular complexity index is 721. The number of hydrogen-bond acceptors (Lipinski definition) is 4. The van der Waals surface area contributed by atoms with Gasteiger partial charge < -0.3 is 9.72 Å². The summed E-state index contributed by atoms with van der Waals surface area (Å²) in [7, 11) is 0. The molecule has 2 aromatic heterocycles. The molecule has 7 heteroatoms. The third-order valence-electron chi connectivity index (χ3n) is 3.71. The van der Waals surface area contributed by atoms with Gasteiger partial charge in [0.1, 0.15) is 11.3 Å². The molecular formula is C13H18N4O3. The predicted molar refractivity (Wildman–Crippen MR) is 74.1 cm³/mol. The quantitative estimate of drug-likeness (QED) is 0.865. The van der Waals surface area contributed by atoms with Gasteiger partial charge in [0.25, 0.3) is 5.56 Å². The monoisotopic (exact) mass is 278 g/mol. The normalized spacial score (nSPS) is 16.9. The molecule has 2 N–H and O–H groups in total. The fraction of sp³-hybridized carbons (Fsp3) is 0.615. The van der Waals surface area contributed by atoms with Gasteiger partial charge in [-0.1, -0.05) is 6.92 Å². The van der Waals surface area contributed by atoms with Gasteiger partial charge in [-0.3, -0.25) is 14.3 Å². The van der Waals surface area contributed by atoms with Crippen molar-refractivity contribution in [2.75, 3.05) is 13.2 Å². The zero-order valence-corrected chi connectivity index (χ0v) is 11.4. The molecule has 0 atom stereocenters. The van der Waals surface area contributed by atoms with Crippen LogP contribution in [0.25, 0.3) is 11.2 Å². The summed E-state index contributed by atoms with van der Waals surface area (Å²) in [6.07, 6.45) is 2.58. The van der Waals surface area contributed by atoms with Gasteiger partial charge in [-0.05, 0) is 19.3 Å². The lowest BCUT2D eigenvalue weighted by Crippen LogP contribution is -2.30. The SMILES string of the molecule is CCCn1c(=O)[nH]c(=O)c2[nH]c(C3CCOCC3)nc21. The van der Waals surface area contributed by atoms with E-state index in [1.807, 2.05) is 6.92 Å². The van der Waals surface area contributed by atoms with Crippen LogP contribution in [0.15, 0.2) is 9.59 Å². The molecule has 0 aromatic carbocycles. The van der Waals surface area contributed by atoms with E-state index < -0.39 is 11.2 Å². The second-order valence-electron chi connectivity index (χ2n) is 5.12. The standard InChI is InChI=1S/C13H18N4O3/c1-2-5-17-11-9(12(18)16-13(17)19)14-10(15-11)8-3-6-20-7-4-8/h8H,2-7H2,1H3,(H,14,15)(H,16,18,19). The van der Waals surface area contributed by atoms with Crippen molar-refractivity contribution in [3.63, 3.8) is 0 Å². The molecule has 20 heavy (non-hydrogen) atoms. The number of fused-ring (bicyclic) bond motifs is 1. The fourth-order valence-corrected chi connectivity index (χ4v) is 2.65.